The van der Waals surface area contributed by atoms with E-state index in [-0.39, 0.29) is 0 Å². The maximum Gasteiger partial charge on any atom is 0.150 e. The van der Waals surface area contributed by atoms with Crippen molar-refractivity contribution in [3.8, 4) is 0 Å². The Labute approximate surface area is 119 Å². The van der Waals surface area contributed by atoms with Gasteiger partial charge < -0.3 is 10.3 Å². The van der Waals surface area contributed by atoms with Crippen LogP contribution in [0.4, 0.5) is 0 Å². The molecule has 3 rings (SSSR count). The second kappa shape index (κ2) is 6.20. The van der Waals surface area contributed by atoms with Gasteiger partial charge in [0.2, 0.25) is 0 Å². The highest BCUT2D eigenvalue weighted by molar-refractivity contribution is 5.15. The second-order valence-electron chi connectivity index (χ2n) is 5.46. The molecule has 20 heavy (non-hydrogen) atoms. The van der Waals surface area contributed by atoms with Crippen LogP contribution in [0.2, 0.25) is 0 Å². The largest absolute Gasteiger partial charge is 0.360 e. The first-order valence-electron chi connectivity index (χ1n) is 7.27. The molecule has 1 fully saturated rings. The number of hydrogen-bond donors (Lipinski definition) is 1. The molecule has 0 atom stereocenters. The first kappa shape index (κ1) is 13.3. The maximum atomic E-state index is 5.56. The lowest BCUT2D eigenvalue weighted by Gasteiger charge is -2.31. The fourth-order valence-electron chi connectivity index (χ4n) is 2.85. The van der Waals surface area contributed by atoms with E-state index in [9.17, 15) is 0 Å². The highest BCUT2D eigenvalue weighted by atomic mass is 16.5. The quantitative estimate of drug-likeness (QED) is 0.928. The molecule has 0 bridgehead atoms. The molecule has 2 aromatic rings. The summed E-state index contributed by atoms with van der Waals surface area (Å²) in [6, 6.07) is 12.7. The Hall–Kier alpha value is -1.65. The zero-order valence-corrected chi connectivity index (χ0v) is 11.7. The van der Waals surface area contributed by atoms with Gasteiger partial charge >= 0.3 is 0 Å². The van der Waals surface area contributed by atoms with E-state index < -0.39 is 0 Å². The van der Waals surface area contributed by atoms with Gasteiger partial charge in [0.1, 0.15) is 0 Å². The molecule has 0 saturated carbocycles. The van der Waals surface area contributed by atoms with Crippen molar-refractivity contribution in [1.82, 2.24) is 10.1 Å². The molecule has 4 heteroatoms. The Bertz CT molecular complexity index is 530. The molecule has 2 N–H and O–H groups in total. The average molecular weight is 271 g/mol. The number of likely N-dealkylation sites (tertiary alicyclic amines) is 1. The molecular formula is C16H21N3O. The maximum absolute atomic E-state index is 5.56. The van der Waals surface area contributed by atoms with Gasteiger partial charge in [0.05, 0.1) is 12.2 Å². The summed E-state index contributed by atoms with van der Waals surface area (Å²) in [5.74, 6) is 1.30. The molecule has 4 nitrogen and oxygen atoms in total. The molecule has 1 aromatic heterocycles. The van der Waals surface area contributed by atoms with Gasteiger partial charge in [-0.25, -0.2) is 0 Å². The first-order chi connectivity index (χ1) is 9.85. The van der Waals surface area contributed by atoms with Gasteiger partial charge in [0, 0.05) is 18.5 Å². The van der Waals surface area contributed by atoms with Crippen LogP contribution in [0.25, 0.3) is 0 Å². The first-order valence-corrected chi connectivity index (χ1v) is 7.27. The number of rotatable bonds is 4. The minimum absolute atomic E-state index is 0.430. The number of aromatic nitrogens is 1. The number of nitrogens with two attached hydrogens (primary N) is 1. The summed E-state index contributed by atoms with van der Waals surface area (Å²) < 4.78 is 5.20. The molecule has 0 unspecified atom stereocenters. The number of piperidine rings is 1. The second-order valence-corrected chi connectivity index (χ2v) is 5.46. The molecule has 1 aromatic carbocycles. The third kappa shape index (κ3) is 3.08. The third-order valence-corrected chi connectivity index (χ3v) is 4.03. The topological polar surface area (TPSA) is 55.3 Å². The van der Waals surface area contributed by atoms with Crippen LogP contribution in [-0.2, 0) is 13.1 Å². The summed E-state index contributed by atoms with van der Waals surface area (Å²) in [6.07, 6.45) is 2.28. The summed E-state index contributed by atoms with van der Waals surface area (Å²) in [6.45, 7) is 3.70. The van der Waals surface area contributed by atoms with Crippen molar-refractivity contribution in [1.29, 1.82) is 0 Å². The van der Waals surface area contributed by atoms with E-state index in [1.54, 1.807) is 0 Å². The van der Waals surface area contributed by atoms with E-state index in [0.717, 1.165) is 43.9 Å². The predicted octanol–water partition coefficient (Wildman–Crippen LogP) is 2.51. The Kier molecular flexibility index (Phi) is 4.14. The fraction of sp³-hybridized carbons (Fsp3) is 0.438. The lowest BCUT2D eigenvalue weighted by Crippen LogP contribution is -2.32. The van der Waals surface area contributed by atoms with Crippen LogP contribution in [0.5, 0.6) is 0 Å². The van der Waals surface area contributed by atoms with Gasteiger partial charge in [-0.3, -0.25) is 4.90 Å². The number of hydrogen-bond acceptors (Lipinski definition) is 4. The van der Waals surface area contributed by atoms with Crippen LogP contribution in [0.1, 0.15) is 35.8 Å². The van der Waals surface area contributed by atoms with Gasteiger partial charge in [-0.05, 0) is 31.5 Å². The zero-order chi connectivity index (χ0) is 13.8. The van der Waals surface area contributed by atoms with Crippen molar-refractivity contribution >= 4 is 0 Å². The van der Waals surface area contributed by atoms with E-state index in [4.69, 9.17) is 10.3 Å². The Morgan fingerprint density at radius 1 is 1.20 bits per heavy atom. The van der Waals surface area contributed by atoms with E-state index in [0.29, 0.717) is 12.5 Å². The van der Waals surface area contributed by atoms with Crippen molar-refractivity contribution in [2.75, 3.05) is 13.1 Å². The summed E-state index contributed by atoms with van der Waals surface area (Å²) in [5.41, 5.74) is 8.02. The Morgan fingerprint density at radius 2 is 1.95 bits per heavy atom. The van der Waals surface area contributed by atoms with Gasteiger partial charge in [0.15, 0.2) is 5.76 Å². The molecule has 0 amide bonds. The third-order valence-electron chi connectivity index (χ3n) is 4.03. The SMILES string of the molecule is NCc1cc(C2CCN(Cc3ccccc3)CC2)no1. The lowest BCUT2D eigenvalue weighted by molar-refractivity contribution is 0.201. The van der Waals surface area contributed by atoms with Crippen molar-refractivity contribution in [3.63, 3.8) is 0 Å². The normalized spacial score (nSPS) is 17.4. The lowest BCUT2D eigenvalue weighted by atomic mass is 9.93. The fourth-order valence-corrected chi connectivity index (χ4v) is 2.85. The highest BCUT2D eigenvalue weighted by Crippen LogP contribution is 2.28. The van der Waals surface area contributed by atoms with Crippen LogP contribution >= 0.6 is 0 Å². The van der Waals surface area contributed by atoms with Crippen LogP contribution in [-0.4, -0.2) is 23.1 Å². The molecule has 106 valence electrons. The van der Waals surface area contributed by atoms with Gasteiger partial charge in [0.25, 0.3) is 0 Å². The monoisotopic (exact) mass is 271 g/mol. The molecule has 0 radical (unpaired) electrons. The van der Waals surface area contributed by atoms with Gasteiger partial charge in [-0.2, -0.15) is 0 Å². The van der Waals surface area contributed by atoms with E-state index >= 15 is 0 Å². The molecule has 1 aliphatic rings. The van der Waals surface area contributed by atoms with Gasteiger partial charge in [-0.1, -0.05) is 35.5 Å². The molecule has 1 aliphatic heterocycles. The Balaban J connectivity index is 1.54. The standard InChI is InChI=1S/C16H21N3O/c17-11-15-10-16(18-20-15)14-6-8-19(9-7-14)12-13-4-2-1-3-5-13/h1-5,10,14H,6-9,11-12,17H2. The van der Waals surface area contributed by atoms with Crippen molar-refractivity contribution in [2.24, 2.45) is 5.73 Å². The van der Waals surface area contributed by atoms with Crippen LogP contribution in [0, 0.1) is 0 Å². The molecule has 0 spiro atoms. The average Bonchev–Trinajstić information content (AvgIpc) is 2.98. The van der Waals surface area contributed by atoms with E-state index in [2.05, 4.69) is 40.4 Å². The highest BCUT2D eigenvalue weighted by Gasteiger charge is 2.23. The van der Waals surface area contributed by atoms with E-state index in [1.165, 1.54) is 5.56 Å². The van der Waals surface area contributed by atoms with Crippen LogP contribution < -0.4 is 5.73 Å². The van der Waals surface area contributed by atoms with Gasteiger partial charge in [-0.15, -0.1) is 0 Å². The summed E-state index contributed by atoms with van der Waals surface area (Å²) in [4.78, 5) is 2.51. The Morgan fingerprint density at radius 3 is 2.60 bits per heavy atom. The number of nitrogens with zero attached hydrogens (tertiary/aromatic N) is 2. The van der Waals surface area contributed by atoms with Crippen molar-refractivity contribution in [3.05, 3.63) is 53.4 Å². The van der Waals surface area contributed by atoms with Crippen molar-refractivity contribution < 1.29 is 4.52 Å². The molecule has 0 aliphatic carbocycles. The van der Waals surface area contributed by atoms with Crippen molar-refractivity contribution in [2.45, 2.75) is 31.8 Å². The molecule has 1 saturated heterocycles. The zero-order valence-electron chi connectivity index (χ0n) is 11.7. The summed E-state index contributed by atoms with van der Waals surface area (Å²) in [5, 5.41) is 4.15. The van der Waals surface area contributed by atoms with E-state index in [1.807, 2.05) is 6.07 Å². The predicted molar refractivity (Wildman–Crippen MR) is 78.1 cm³/mol. The smallest absolute Gasteiger partial charge is 0.150 e. The minimum atomic E-state index is 0.430. The van der Waals surface area contributed by atoms with Crippen LogP contribution in [0.3, 0.4) is 0 Å². The summed E-state index contributed by atoms with van der Waals surface area (Å²) >= 11 is 0. The molecular weight excluding hydrogens is 250 g/mol. The number of benzene rings is 1. The summed E-state index contributed by atoms with van der Waals surface area (Å²) in [7, 11) is 0. The van der Waals surface area contributed by atoms with Crippen LogP contribution in [0.15, 0.2) is 40.9 Å². The molecule has 2 heterocycles. The minimum Gasteiger partial charge on any atom is -0.360 e.